The summed E-state index contributed by atoms with van der Waals surface area (Å²) < 4.78 is 25.7. The van der Waals surface area contributed by atoms with Crippen LogP contribution in [0.3, 0.4) is 0 Å². The largest absolute Gasteiger partial charge is 0.503 e. The molecule has 0 unspecified atom stereocenters. The second-order valence-corrected chi connectivity index (χ2v) is 8.82. The molecule has 1 atom stereocenters. The quantitative estimate of drug-likeness (QED) is 0.541. The number of carbonyl (C=O) groups excluding carboxylic acids is 1. The molecule has 3 aromatic rings. The van der Waals surface area contributed by atoms with Gasteiger partial charge in [0.1, 0.15) is 5.82 Å². The highest BCUT2D eigenvalue weighted by Crippen LogP contribution is 2.35. The number of methoxy groups -OCH3 is 1. The zero-order valence-electron chi connectivity index (χ0n) is 18.5. The van der Waals surface area contributed by atoms with Crippen LogP contribution in [0.2, 0.25) is 5.02 Å². The molecule has 2 aromatic carbocycles. The summed E-state index contributed by atoms with van der Waals surface area (Å²) in [6, 6.07) is 7.81. The Labute approximate surface area is 202 Å². The molecule has 0 aliphatic carbocycles. The van der Waals surface area contributed by atoms with Crippen LogP contribution in [-0.2, 0) is 9.53 Å². The van der Waals surface area contributed by atoms with E-state index < -0.39 is 23.4 Å². The van der Waals surface area contributed by atoms with Gasteiger partial charge in [-0.05, 0) is 55.3 Å². The van der Waals surface area contributed by atoms with Crippen molar-refractivity contribution in [1.29, 1.82) is 0 Å². The topological polar surface area (TPSA) is 90.1 Å². The lowest BCUT2D eigenvalue weighted by atomic mass is 9.96. The molecule has 0 bridgehead atoms. The van der Waals surface area contributed by atoms with Gasteiger partial charge in [-0.25, -0.2) is 14.2 Å². The van der Waals surface area contributed by atoms with Gasteiger partial charge in [-0.2, -0.15) is 0 Å². The summed E-state index contributed by atoms with van der Waals surface area (Å²) in [5.41, 5.74) is 1.30. The average molecular weight is 503 g/mol. The number of hydrogen-bond acceptors (Lipinski definition) is 7. The maximum Gasteiger partial charge on any atom is 0.338 e. The molecule has 2 heterocycles. The molecule has 1 aromatic heterocycles. The van der Waals surface area contributed by atoms with Crippen LogP contribution in [0.5, 0.6) is 11.5 Å². The van der Waals surface area contributed by atoms with Gasteiger partial charge in [-0.3, -0.25) is 9.36 Å². The third-order valence-electron chi connectivity index (χ3n) is 5.27. The fourth-order valence-electron chi connectivity index (χ4n) is 3.74. The average Bonchev–Trinajstić information content (AvgIpc) is 3.10. The van der Waals surface area contributed by atoms with Crippen molar-refractivity contribution in [2.24, 2.45) is 4.99 Å². The number of phenols is 1. The molecule has 7 nitrogen and oxygen atoms in total. The number of benzene rings is 2. The van der Waals surface area contributed by atoms with Crippen molar-refractivity contribution < 1.29 is 23.8 Å². The first-order valence-electron chi connectivity index (χ1n) is 10.3. The number of thiazole rings is 1. The lowest BCUT2D eigenvalue weighted by molar-refractivity contribution is -0.139. The molecule has 0 saturated heterocycles. The number of aromatic hydroxyl groups is 1. The predicted molar refractivity (Wildman–Crippen MR) is 126 cm³/mol. The number of nitrogens with zero attached hydrogens (tertiary/aromatic N) is 2. The second kappa shape index (κ2) is 9.44. The molecular formula is C24H20ClFN2O5S. The van der Waals surface area contributed by atoms with Crippen molar-refractivity contribution in [2.75, 3.05) is 13.7 Å². The zero-order chi connectivity index (χ0) is 24.6. The minimum absolute atomic E-state index is 0.0722. The number of halogens is 2. The molecule has 10 heteroatoms. The van der Waals surface area contributed by atoms with Gasteiger partial charge >= 0.3 is 5.97 Å². The number of ether oxygens (including phenoxy) is 2. The van der Waals surface area contributed by atoms with E-state index in [0.717, 1.165) is 11.3 Å². The molecule has 0 amide bonds. The van der Waals surface area contributed by atoms with Crippen LogP contribution >= 0.6 is 22.9 Å². The van der Waals surface area contributed by atoms with Crippen molar-refractivity contribution >= 4 is 35.0 Å². The SMILES string of the molecule is CCOC(=O)C1=C(C)N=c2s/c(=C\c3cc(Cl)c(O)c(OC)c3)c(=O)n2[C@@H]1c1ccc(F)cc1. The number of aromatic nitrogens is 1. The molecule has 0 spiro atoms. The Morgan fingerprint density at radius 3 is 2.68 bits per heavy atom. The highest BCUT2D eigenvalue weighted by Gasteiger charge is 2.33. The molecule has 1 N–H and O–H groups in total. The molecule has 34 heavy (non-hydrogen) atoms. The number of allylic oxidation sites excluding steroid dienone is 1. The molecule has 0 radical (unpaired) electrons. The third-order valence-corrected chi connectivity index (χ3v) is 6.54. The zero-order valence-corrected chi connectivity index (χ0v) is 20.0. The van der Waals surface area contributed by atoms with Gasteiger partial charge in [0.15, 0.2) is 16.3 Å². The van der Waals surface area contributed by atoms with Crippen LogP contribution in [0.25, 0.3) is 6.08 Å². The van der Waals surface area contributed by atoms with Gasteiger partial charge in [0.25, 0.3) is 5.56 Å². The van der Waals surface area contributed by atoms with Gasteiger partial charge in [0.2, 0.25) is 0 Å². The number of fused-ring (bicyclic) bond motifs is 1. The predicted octanol–water partition coefficient (Wildman–Crippen LogP) is 3.31. The maximum absolute atomic E-state index is 13.6. The van der Waals surface area contributed by atoms with Crippen LogP contribution in [0.4, 0.5) is 4.39 Å². The molecule has 176 valence electrons. The number of phenolic OH excluding ortho intramolecular Hbond substituents is 1. The Bertz CT molecular complexity index is 1490. The van der Waals surface area contributed by atoms with Crippen molar-refractivity contribution in [2.45, 2.75) is 19.9 Å². The van der Waals surface area contributed by atoms with Crippen LogP contribution < -0.4 is 19.6 Å². The first-order chi connectivity index (χ1) is 16.2. The van der Waals surface area contributed by atoms with E-state index in [9.17, 15) is 19.1 Å². The van der Waals surface area contributed by atoms with Gasteiger partial charge in [0, 0.05) is 0 Å². The van der Waals surface area contributed by atoms with Crippen molar-refractivity contribution in [3.63, 3.8) is 0 Å². The molecule has 1 aliphatic rings. The van der Waals surface area contributed by atoms with Crippen LogP contribution in [-0.4, -0.2) is 29.4 Å². The van der Waals surface area contributed by atoms with E-state index in [-0.39, 0.29) is 28.7 Å². The Kier molecular flexibility index (Phi) is 6.58. The van der Waals surface area contributed by atoms with Gasteiger partial charge in [-0.1, -0.05) is 35.1 Å². The molecule has 4 rings (SSSR count). The monoisotopic (exact) mass is 502 g/mol. The highest BCUT2D eigenvalue weighted by molar-refractivity contribution is 7.07. The summed E-state index contributed by atoms with van der Waals surface area (Å²) in [6.07, 6.45) is 1.60. The minimum Gasteiger partial charge on any atom is -0.503 e. The summed E-state index contributed by atoms with van der Waals surface area (Å²) in [4.78, 5) is 31.2. The number of rotatable bonds is 5. The summed E-state index contributed by atoms with van der Waals surface area (Å²) >= 11 is 7.22. The second-order valence-electron chi connectivity index (χ2n) is 7.41. The lowest BCUT2D eigenvalue weighted by Crippen LogP contribution is -2.39. The van der Waals surface area contributed by atoms with Gasteiger partial charge in [-0.15, -0.1) is 0 Å². The standard InChI is InChI=1S/C24H20ClFN2O5S/c1-4-33-23(31)19-12(2)27-24-28(20(19)14-5-7-15(26)8-6-14)22(30)18(34-24)11-13-9-16(25)21(29)17(10-13)32-3/h5-11,20,29H,4H2,1-3H3/b18-11-/t20-/m1/s1. The first kappa shape index (κ1) is 23.7. The summed E-state index contributed by atoms with van der Waals surface area (Å²) in [5.74, 6) is -1.07. The van der Waals surface area contributed by atoms with Crippen molar-refractivity contribution in [3.05, 3.63) is 89.3 Å². The Morgan fingerprint density at radius 2 is 2.03 bits per heavy atom. The third kappa shape index (κ3) is 4.24. The summed E-state index contributed by atoms with van der Waals surface area (Å²) in [5, 5.41) is 10.1. The van der Waals surface area contributed by atoms with Crippen LogP contribution in [0.1, 0.15) is 31.0 Å². The number of hydrogen-bond donors (Lipinski definition) is 1. The molecule has 0 saturated carbocycles. The molecule has 0 fully saturated rings. The summed E-state index contributed by atoms with van der Waals surface area (Å²) in [7, 11) is 1.39. The van der Waals surface area contributed by atoms with Crippen molar-refractivity contribution in [3.8, 4) is 11.5 Å². The van der Waals surface area contributed by atoms with E-state index in [0.29, 0.717) is 26.2 Å². The van der Waals surface area contributed by atoms with Crippen molar-refractivity contribution in [1.82, 2.24) is 4.57 Å². The smallest absolute Gasteiger partial charge is 0.338 e. The van der Waals surface area contributed by atoms with Gasteiger partial charge < -0.3 is 14.6 Å². The Hall–Kier alpha value is -3.43. The van der Waals surface area contributed by atoms with Crippen LogP contribution in [0, 0.1) is 5.82 Å². The highest BCUT2D eigenvalue weighted by atomic mass is 35.5. The van der Waals surface area contributed by atoms with E-state index in [2.05, 4.69) is 4.99 Å². The van der Waals surface area contributed by atoms with Crippen LogP contribution in [0.15, 0.2) is 57.5 Å². The Balaban J connectivity index is 1.95. The van der Waals surface area contributed by atoms with E-state index >= 15 is 0 Å². The normalized spacial score (nSPS) is 15.7. The minimum atomic E-state index is -0.837. The number of carbonyl (C=O) groups is 1. The fourth-order valence-corrected chi connectivity index (χ4v) is 5.00. The lowest BCUT2D eigenvalue weighted by Gasteiger charge is -2.24. The van der Waals surface area contributed by atoms with Gasteiger partial charge in [0.05, 0.1) is 40.6 Å². The molecular weight excluding hydrogens is 483 g/mol. The van der Waals surface area contributed by atoms with E-state index in [1.807, 2.05) is 0 Å². The first-order valence-corrected chi connectivity index (χ1v) is 11.5. The van der Waals surface area contributed by atoms with E-state index in [1.165, 1.54) is 42.0 Å². The maximum atomic E-state index is 13.6. The summed E-state index contributed by atoms with van der Waals surface area (Å²) in [6.45, 7) is 3.51. The molecule has 1 aliphatic heterocycles. The Morgan fingerprint density at radius 1 is 1.32 bits per heavy atom. The fraction of sp³-hybridized carbons (Fsp3) is 0.208. The number of esters is 1. The van der Waals surface area contributed by atoms with E-state index in [1.54, 1.807) is 26.0 Å². The van der Waals surface area contributed by atoms with E-state index in [4.69, 9.17) is 21.1 Å².